The molecule has 2 aromatic rings. The second-order valence-electron chi connectivity index (χ2n) is 6.70. The first-order chi connectivity index (χ1) is 11.0. The van der Waals surface area contributed by atoms with Crippen molar-refractivity contribution in [2.45, 2.75) is 67.2 Å². The Morgan fingerprint density at radius 3 is 1.09 bits per heavy atom. The second kappa shape index (κ2) is 7.81. The molecule has 23 heavy (non-hydrogen) atoms. The molecule has 0 atom stereocenters. The van der Waals surface area contributed by atoms with Crippen molar-refractivity contribution in [3.63, 3.8) is 0 Å². The minimum absolute atomic E-state index is 0.217. The molecule has 126 valence electrons. The van der Waals surface area contributed by atoms with Crippen LogP contribution in [-0.4, -0.2) is 0 Å². The van der Waals surface area contributed by atoms with Crippen molar-refractivity contribution in [3.8, 4) is 0 Å². The molecule has 1 fully saturated rings. The van der Waals surface area contributed by atoms with Gasteiger partial charge in [0.15, 0.2) is 0 Å². The van der Waals surface area contributed by atoms with Crippen molar-refractivity contribution < 1.29 is 0 Å². The van der Waals surface area contributed by atoms with Gasteiger partial charge in [-0.05, 0) is 36.8 Å². The number of hydrogen-bond donors (Lipinski definition) is 0. The van der Waals surface area contributed by atoms with Gasteiger partial charge in [-0.15, -0.1) is 0 Å². The summed E-state index contributed by atoms with van der Waals surface area (Å²) in [6, 6.07) is 18.2. The summed E-state index contributed by atoms with van der Waals surface area (Å²) in [6.07, 6.45) is 1.24. The maximum absolute atomic E-state index is 2.38. The normalized spacial score (nSPS) is 16.3. The van der Waals surface area contributed by atoms with E-state index in [2.05, 4.69) is 76.2 Å². The lowest BCUT2D eigenvalue weighted by Crippen LogP contribution is -2.16. The quantitative estimate of drug-likeness (QED) is 0.556. The minimum Gasteiger partial charge on any atom is -0.0683 e. The Bertz CT molecular complexity index is 539. The van der Waals surface area contributed by atoms with Gasteiger partial charge in [0.25, 0.3) is 0 Å². The molecule has 0 heterocycles. The van der Waals surface area contributed by atoms with Crippen molar-refractivity contribution in [1.82, 2.24) is 0 Å². The largest absolute Gasteiger partial charge is 0.0683 e. The van der Waals surface area contributed by atoms with Gasteiger partial charge >= 0.3 is 0 Å². The fourth-order valence-electron chi connectivity index (χ4n) is 3.45. The first kappa shape index (κ1) is 19.5. The molecule has 0 aromatic heterocycles. The van der Waals surface area contributed by atoms with Crippen molar-refractivity contribution in [2.24, 2.45) is 5.41 Å². The van der Waals surface area contributed by atoms with Gasteiger partial charge in [0.1, 0.15) is 0 Å². The summed E-state index contributed by atoms with van der Waals surface area (Å²) in [4.78, 5) is 0. The van der Waals surface area contributed by atoms with Gasteiger partial charge < -0.3 is 0 Å². The topological polar surface area (TPSA) is 0 Å². The van der Waals surface area contributed by atoms with Gasteiger partial charge in [0, 0.05) is 5.41 Å². The summed E-state index contributed by atoms with van der Waals surface area (Å²) in [5.41, 5.74) is 6.17. The molecule has 2 aromatic carbocycles. The summed E-state index contributed by atoms with van der Waals surface area (Å²) < 4.78 is 0. The lowest BCUT2D eigenvalue weighted by molar-refractivity contribution is 0.552. The number of rotatable bonds is 2. The van der Waals surface area contributed by atoms with Gasteiger partial charge in [0.05, 0.1) is 0 Å². The molecule has 0 heteroatoms. The standard InChI is InChI=1S/C19H22.2C2H6/c1-14-5-9-16(10-6-14)19(13-18(19,3)4)17-11-7-15(2)8-12-17;2*1-2/h5-12H,13H2,1-4H3;2*1-2H3. The van der Waals surface area contributed by atoms with Crippen LogP contribution in [0.3, 0.4) is 0 Å². The number of aryl methyl sites for hydroxylation is 2. The molecule has 0 spiro atoms. The van der Waals surface area contributed by atoms with Crippen molar-refractivity contribution >= 4 is 0 Å². The third-order valence-corrected chi connectivity index (χ3v) is 4.83. The van der Waals surface area contributed by atoms with Crippen LogP contribution in [0.5, 0.6) is 0 Å². The van der Waals surface area contributed by atoms with Crippen LogP contribution in [-0.2, 0) is 5.41 Å². The van der Waals surface area contributed by atoms with E-state index in [-0.39, 0.29) is 5.41 Å². The Kier molecular flexibility index (Phi) is 6.62. The van der Waals surface area contributed by atoms with E-state index in [1.54, 1.807) is 0 Å². The van der Waals surface area contributed by atoms with Gasteiger partial charge in [0.2, 0.25) is 0 Å². The Morgan fingerprint density at radius 1 is 0.609 bits per heavy atom. The minimum atomic E-state index is 0.217. The third kappa shape index (κ3) is 3.68. The smallest absolute Gasteiger partial charge is 0.0259 e. The van der Waals surface area contributed by atoms with Crippen molar-refractivity contribution in [2.75, 3.05) is 0 Å². The average molecular weight is 311 g/mol. The summed E-state index contributed by atoms with van der Waals surface area (Å²) in [6.45, 7) is 17.1. The van der Waals surface area contributed by atoms with E-state index in [9.17, 15) is 0 Å². The zero-order chi connectivity index (χ0) is 17.7. The van der Waals surface area contributed by atoms with Crippen molar-refractivity contribution in [3.05, 3.63) is 70.8 Å². The number of hydrogen-bond acceptors (Lipinski definition) is 0. The van der Waals surface area contributed by atoms with E-state index in [0.29, 0.717) is 5.41 Å². The van der Waals surface area contributed by atoms with Crippen LogP contribution in [0.1, 0.15) is 70.2 Å². The van der Waals surface area contributed by atoms with Crippen LogP contribution in [0.15, 0.2) is 48.5 Å². The molecule has 0 amide bonds. The predicted molar refractivity (Wildman–Crippen MR) is 104 cm³/mol. The lowest BCUT2D eigenvalue weighted by atomic mass is 9.81. The second-order valence-corrected chi connectivity index (χ2v) is 6.70. The molecular weight excluding hydrogens is 276 g/mol. The number of benzene rings is 2. The van der Waals surface area contributed by atoms with E-state index >= 15 is 0 Å². The highest BCUT2D eigenvalue weighted by Crippen LogP contribution is 2.67. The zero-order valence-corrected chi connectivity index (χ0v) is 16.3. The molecule has 1 aliphatic rings. The van der Waals surface area contributed by atoms with Gasteiger partial charge in [-0.2, -0.15) is 0 Å². The highest BCUT2D eigenvalue weighted by atomic mass is 14.6. The summed E-state index contributed by atoms with van der Waals surface area (Å²) in [5, 5.41) is 0. The van der Waals surface area contributed by atoms with Crippen LogP contribution >= 0.6 is 0 Å². The van der Waals surface area contributed by atoms with E-state index < -0.39 is 0 Å². The molecule has 0 saturated heterocycles. The van der Waals surface area contributed by atoms with E-state index in [0.717, 1.165) is 0 Å². The first-order valence-corrected chi connectivity index (χ1v) is 9.10. The fourth-order valence-corrected chi connectivity index (χ4v) is 3.45. The van der Waals surface area contributed by atoms with E-state index in [1.807, 2.05) is 27.7 Å². The van der Waals surface area contributed by atoms with Crippen molar-refractivity contribution in [1.29, 1.82) is 0 Å². The maximum atomic E-state index is 2.38. The monoisotopic (exact) mass is 310 g/mol. The molecule has 3 rings (SSSR count). The summed E-state index contributed by atoms with van der Waals surface area (Å²) >= 11 is 0. The zero-order valence-electron chi connectivity index (χ0n) is 16.3. The summed E-state index contributed by atoms with van der Waals surface area (Å²) in [5.74, 6) is 0. The van der Waals surface area contributed by atoms with Crippen LogP contribution in [0.2, 0.25) is 0 Å². The highest BCUT2D eigenvalue weighted by molar-refractivity contribution is 5.50. The molecule has 0 bridgehead atoms. The Balaban J connectivity index is 0.000000615. The average Bonchev–Trinajstić information content (AvgIpc) is 3.16. The molecule has 0 radical (unpaired) electrons. The van der Waals surface area contributed by atoms with Crippen LogP contribution in [0, 0.1) is 19.3 Å². The first-order valence-electron chi connectivity index (χ1n) is 9.10. The predicted octanol–water partition coefficient (Wildman–Crippen LogP) is 7.07. The Morgan fingerprint density at radius 2 is 0.870 bits per heavy atom. The molecule has 1 saturated carbocycles. The van der Waals surface area contributed by atoms with Gasteiger partial charge in [-0.25, -0.2) is 0 Å². The molecule has 1 aliphatic carbocycles. The maximum Gasteiger partial charge on any atom is 0.0259 e. The molecule has 0 nitrogen and oxygen atoms in total. The molecule has 0 aliphatic heterocycles. The van der Waals surface area contributed by atoms with Gasteiger partial charge in [-0.3, -0.25) is 0 Å². The van der Waals surface area contributed by atoms with E-state index in [4.69, 9.17) is 0 Å². The highest BCUT2D eigenvalue weighted by Gasteiger charge is 2.62. The Labute approximate surface area is 144 Å². The van der Waals surface area contributed by atoms with Crippen LogP contribution < -0.4 is 0 Å². The SMILES string of the molecule is CC.CC.Cc1ccc(C2(c3ccc(C)cc3)CC2(C)C)cc1. The van der Waals surface area contributed by atoms with E-state index in [1.165, 1.54) is 28.7 Å². The third-order valence-electron chi connectivity index (χ3n) is 4.83. The molecular formula is C23H34. The van der Waals surface area contributed by atoms with Crippen LogP contribution in [0.4, 0.5) is 0 Å². The molecule has 0 unspecified atom stereocenters. The molecule has 0 N–H and O–H groups in total. The van der Waals surface area contributed by atoms with Gasteiger partial charge in [-0.1, -0.05) is 101 Å². The fraction of sp³-hybridized carbons (Fsp3) is 0.478. The lowest BCUT2D eigenvalue weighted by Gasteiger charge is -2.22. The Hall–Kier alpha value is -1.56. The summed E-state index contributed by atoms with van der Waals surface area (Å²) in [7, 11) is 0. The van der Waals surface area contributed by atoms with Crippen LogP contribution in [0.25, 0.3) is 0 Å².